The molecule has 0 radical (unpaired) electrons. The number of methoxy groups -OCH3 is 1. The fourth-order valence-electron chi connectivity index (χ4n) is 1.51. The fourth-order valence-corrected chi connectivity index (χ4v) is 1.51. The molecule has 4 nitrogen and oxygen atoms in total. The highest BCUT2D eigenvalue weighted by atomic mass is 19.1. The number of nitrogens with two attached hydrogens (primary N) is 1. The first-order chi connectivity index (χ1) is 8.88. The number of ketones is 1. The first-order valence-electron chi connectivity index (χ1n) is 5.76. The summed E-state index contributed by atoms with van der Waals surface area (Å²) in [5, 5.41) is 0. The second-order valence-corrected chi connectivity index (χ2v) is 4.31. The molecule has 0 unspecified atom stereocenters. The first kappa shape index (κ1) is 14.9. The van der Waals surface area contributed by atoms with Crippen molar-refractivity contribution in [2.24, 2.45) is 11.7 Å². The molecule has 0 aromatic heterocycles. The Labute approximate surface area is 111 Å². The molecule has 0 spiro atoms. The minimum absolute atomic E-state index is 0.00875. The van der Waals surface area contributed by atoms with Crippen LogP contribution in [-0.4, -0.2) is 18.9 Å². The summed E-state index contributed by atoms with van der Waals surface area (Å²) in [5.74, 6) is -2.02. The van der Waals surface area contributed by atoms with E-state index in [4.69, 9.17) is 5.73 Å². The van der Waals surface area contributed by atoms with Crippen molar-refractivity contribution in [2.75, 3.05) is 7.11 Å². The lowest BCUT2D eigenvalue weighted by Crippen LogP contribution is -2.23. The number of carbonyl (C=O) groups excluding carboxylic acids is 2. The van der Waals surface area contributed by atoms with Gasteiger partial charge in [-0.15, -0.1) is 0 Å². The van der Waals surface area contributed by atoms with E-state index in [1.807, 2.05) is 0 Å². The van der Waals surface area contributed by atoms with Crippen LogP contribution in [0.5, 0.6) is 0 Å². The monoisotopic (exact) mass is 265 g/mol. The van der Waals surface area contributed by atoms with Crippen LogP contribution in [-0.2, 0) is 14.3 Å². The second kappa shape index (κ2) is 6.13. The molecule has 0 fully saturated rings. The van der Waals surface area contributed by atoms with Crippen molar-refractivity contribution in [2.45, 2.75) is 13.8 Å². The topological polar surface area (TPSA) is 69.4 Å². The standard InChI is InChI=1S/C14H16FNO3/c1-8(2)13(17)11(14(18)19-3)12(16)9-4-6-10(15)7-5-9/h4-8H,16H2,1-3H3/b12-11+. The third kappa shape index (κ3) is 3.40. The van der Waals surface area contributed by atoms with Gasteiger partial charge in [-0.3, -0.25) is 4.79 Å². The number of ether oxygens (including phenoxy) is 1. The van der Waals surface area contributed by atoms with Crippen LogP contribution in [0.25, 0.3) is 5.70 Å². The van der Waals surface area contributed by atoms with Crippen molar-refractivity contribution in [1.29, 1.82) is 0 Å². The number of hydrogen-bond acceptors (Lipinski definition) is 4. The number of carbonyl (C=O) groups is 2. The van der Waals surface area contributed by atoms with E-state index < -0.39 is 23.5 Å². The predicted molar refractivity (Wildman–Crippen MR) is 69.4 cm³/mol. The molecular weight excluding hydrogens is 249 g/mol. The Balaban J connectivity index is 3.35. The molecule has 19 heavy (non-hydrogen) atoms. The van der Waals surface area contributed by atoms with Crippen LogP contribution in [0.15, 0.2) is 29.8 Å². The molecule has 5 heteroatoms. The number of hydrogen-bond donors (Lipinski definition) is 1. The van der Waals surface area contributed by atoms with E-state index in [1.165, 1.54) is 31.4 Å². The summed E-state index contributed by atoms with van der Waals surface area (Å²) in [6, 6.07) is 5.22. The molecular formula is C14H16FNO3. The van der Waals surface area contributed by atoms with Crippen molar-refractivity contribution in [3.63, 3.8) is 0 Å². The van der Waals surface area contributed by atoms with Gasteiger partial charge in [-0.1, -0.05) is 13.8 Å². The van der Waals surface area contributed by atoms with Gasteiger partial charge in [0.2, 0.25) is 0 Å². The summed E-state index contributed by atoms with van der Waals surface area (Å²) in [6.45, 7) is 3.31. The van der Waals surface area contributed by atoms with Gasteiger partial charge in [-0.2, -0.15) is 0 Å². The maximum absolute atomic E-state index is 12.8. The Morgan fingerprint density at radius 2 is 1.74 bits per heavy atom. The molecule has 2 N–H and O–H groups in total. The largest absolute Gasteiger partial charge is 0.465 e. The highest BCUT2D eigenvalue weighted by Crippen LogP contribution is 2.19. The Morgan fingerprint density at radius 1 is 1.21 bits per heavy atom. The number of halogens is 1. The predicted octanol–water partition coefficient (Wildman–Crippen LogP) is 1.89. The normalized spacial score (nSPS) is 12.1. The van der Waals surface area contributed by atoms with Gasteiger partial charge in [0.1, 0.15) is 11.4 Å². The molecule has 102 valence electrons. The molecule has 0 heterocycles. The Morgan fingerprint density at radius 3 is 2.16 bits per heavy atom. The van der Waals surface area contributed by atoms with Crippen molar-refractivity contribution < 1.29 is 18.7 Å². The number of benzene rings is 1. The summed E-state index contributed by atoms with van der Waals surface area (Å²) in [4.78, 5) is 23.7. The maximum Gasteiger partial charge on any atom is 0.343 e. The highest BCUT2D eigenvalue weighted by molar-refractivity contribution is 6.22. The zero-order chi connectivity index (χ0) is 14.6. The maximum atomic E-state index is 12.8. The Bertz CT molecular complexity index is 518. The van der Waals surface area contributed by atoms with Crippen molar-refractivity contribution in [1.82, 2.24) is 0 Å². The third-order valence-corrected chi connectivity index (χ3v) is 2.58. The first-order valence-corrected chi connectivity index (χ1v) is 5.76. The van der Waals surface area contributed by atoms with E-state index in [0.29, 0.717) is 5.56 Å². The van der Waals surface area contributed by atoms with Gasteiger partial charge in [-0.05, 0) is 29.8 Å². The van der Waals surface area contributed by atoms with Crippen molar-refractivity contribution >= 4 is 17.4 Å². The lowest BCUT2D eigenvalue weighted by Gasteiger charge is -2.11. The average Bonchev–Trinajstić information content (AvgIpc) is 2.39. The van der Waals surface area contributed by atoms with Gasteiger partial charge in [-0.25, -0.2) is 9.18 Å². The zero-order valence-electron chi connectivity index (χ0n) is 11.1. The number of esters is 1. The summed E-state index contributed by atoms with van der Waals surface area (Å²) >= 11 is 0. The van der Waals surface area contributed by atoms with E-state index in [9.17, 15) is 14.0 Å². The molecule has 0 bridgehead atoms. The smallest absolute Gasteiger partial charge is 0.343 e. The quantitative estimate of drug-likeness (QED) is 0.390. The number of Topliss-reactive ketones (excluding diaryl/α,β-unsaturated/α-hetero) is 1. The van der Waals surface area contributed by atoms with Gasteiger partial charge in [0, 0.05) is 5.92 Å². The minimum Gasteiger partial charge on any atom is -0.465 e. The van der Waals surface area contributed by atoms with Crippen molar-refractivity contribution in [3.05, 3.63) is 41.2 Å². The van der Waals surface area contributed by atoms with E-state index in [2.05, 4.69) is 4.74 Å². The minimum atomic E-state index is -0.791. The molecule has 1 aromatic rings. The van der Waals surface area contributed by atoms with Crippen LogP contribution < -0.4 is 5.73 Å². The molecule has 1 aromatic carbocycles. The van der Waals surface area contributed by atoms with E-state index >= 15 is 0 Å². The molecule has 0 aliphatic heterocycles. The van der Waals surface area contributed by atoms with E-state index in [1.54, 1.807) is 13.8 Å². The molecule has 1 rings (SSSR count). The molecule has 0 aliphatic rings. The zero-order valence-corrected chi connectivity index (χ0v) is 11.1. The SMILES string of the molecule is COC(=O)/C(C(=O)C(C)C)=C(/N)c1ccc(F)cc1. The summed E-state index contributed by atoms with van der Waals surface area (Å²) in [7, 11) is 1.17. The van der Waals surface area contributed by atoms with Crippen molar-refractivity contribution in [3.8, 4) is 0 Å². The molecule has 0 amide bonds. The molecule has 0 saturated heterocycles. The van der Waals surface area contributed by atoms with Crippen LogP contribution in [0.3, 0.4) is 0 Å². The Hall–Kier alpha value is -2.17. The second-order valence-electron chi connectivity index (χ2n) is 4.31. The Kier molecular flexibility index (Phi) is 4.80. The molecule has 0 aliphatic carbocycles. The van der Waals surface area contributed by atoms with Crippen LogP contribution in [0.2, 0.25) is 0 Å². The van der Waals surface area contributed by atoms with Crippen LogP contribution in [0, 0.1) is 11.7 Å². The van der Waals surface area contributed by atoms with Crippen LogP contribution >= 0.6 is 0 Å². The van der Waals surface area contributed by atoms with Gasteiger partial charge in [0.05, 0.1) is 12.8 Å². The lowest BCUT2D eigenvalue weighted by atomic mass is 9.96. The van der Waals surface area contributed by atoms with E-state index in [0.717, 1.165) is 0 Å². The summed E-state index contributed by atoms with van der Waals surface area (Å²) < 4.78 is 17.4. The van der Waals surface area contributed by atoms with Gasteiger partial charge < -0.3 is 10.5 Å². The van der Waals surface area contributed by atoms with Crippen LogP contribution in [0.1, 0.15) is 19.4 Å². The lowest BCUT2D eigenvalue weighted by molar-refractivity contribution is -0.138. The number of rotatable bonds is 4. The molecule has 0 saturated carbocycles. The summed E-state index contributed by atoms with van der Waals surface area (Å²) in [5.41, 5.74) is 6.03. The van der Waals surface area contributed by atoms with Gasteiger partial charge >= 0.3 is 5.97 Å². The van der Waals surface area contributed by atoms with Gasteiger partial charge in [0.25, 0.3) is 0 Å². The highest BCUT2D eigenvalue weighted by Gasteiger charge is 2.25. The van der Waals surface area contributed by atoms with Crippen LogP contribution in [0.4, 0.5) is 4.39 Å². The summed E-state index contributed by atoms with van der Waals surface area (Å²) in [6.07, 6.45) is 0. The molecule has 0 atom stereocenters. The van der Waals surface area contributed by atoms with Gasteiger partial charge in [0.15, 0.2) is 5.78 Å². The van der Waals surface area contributed by atoms with E-state index in [-0.39, 0.29) is 11.3 Å². The third-order valence-electron chi connectivity index (χ3n) is 2.58. The fraction of sp³-hybridized carbons (Fsp3) is 0.286. The average molecular weight is 265 g/mol.